The van der Waals surface area contributed by atoms with Crippen LogP contribution in [0.3, 0.4) is 0 Å². The largest absolute Gasteiger partial charge is 0.369 e. The maximum atomic E-state index is 11.9. The summed E-state index contributed by atoms with van der Waals surface area (Å²) in [6, 6.07) is 10.0. The van der Waals surface area contributed by atoms with Crippen molar-refractivity contribution in [3.8, 4) is 0 Å². The Hall–Kier alpha value is -1.61. The first-order valence-corrected chi connectivity index (χ1v) is 6.81. The van der Waals surface area contributed by atoms with E-state index in [1.165, 1.54) is 5.56 Å². The number of hydrogen-bond donors (Lipinski definition) is 1. The van der Waals surface area contributed by atoms with Gasteiger partial charge in [-0.25, -0.2) is 0 Å². The highest BCUT2D eigenvalue weighted by Crippen LogP contribution is 2.23. The predicted octanol–water partition coefficient (Wildman–Crippen LogP) is 2.36. The second-order valence-electron chi connectivity index (χ2n) is 5.46. The second-order valence-corrected chi connectivity index (χ2v) is 5.46. The van der Waals surface area contributed by atoms with Crippen molar-refractivity contribution in [2.24, 2.45) is 5.92 Å². The molecule has 0 aliphatic carbocycles. The van der Waals surface area contributed by atoms with Crippen molar-refractivity contribution < 1.29 is 9.90 Å². The molecule has 1 heterocycles. The number of nitrogens with zero attached hydrogens (tertiary/aromatic N) is 1. The lowest BCUT2D eigenvalue weighted by molar-refractivity contribution is -0.131. The zero-order valence-corrected chi connectivity index (χ0v) is 11.5. The number of aliphatic hydroxyl groups excluding tert-OH is 1. The number of benzene rings is 1. The van der Waals surface area contributed by atoms with Crippen molar-refractivity contribution in [2.45, 2.75) is 32.9 Å². The molecular weight excluding hydrogens is 238 g/mol. The van der Waals surface area contributed by atoms with Crippen LogP contribution in [0.4, 0.5) is 0 Å². The van der Waals surface area contributed by atoms with Crippen LogP contribution >= 0.6 is 0 Å². The number of carbonyl (C=O) groups excluding carboxylic acids is 1. The molecule has 3 heteroatoms. The molecule has 1 amide bonds. The SMILES string of the molecule is CC(C)CC1=CC(=O)N(CCc2ccccc2)[C@H]1O. The van der Waals surface area contributed by atoms with Crippen LogP contribution in [0.1, 0.15) is 25.8 Å². The Morgan fingerprint density at radius 1 is 1.26 bits per heavy atom. The Kier molecular flexibility index (Phi) is 4.38. The summed E-state index contributed by atoms with van der Waals surface area (Å²) in [6.45, 7) is 4.73. The quantitative estimate of drug-likeness (QED) is 0.882. The Balaban J connectivity index is 1.94. The summed E-state index contributed by atoms with van der Waals surface area (Å²) in [5.74, 6) is 0.377. The molecule has 1 aliphatic heterocycles. The van der Waals surface area contributed by atoms with Gasteiger partial charge in [0.2, 0.25) is 5.91 Å². The van der Waals surface area contributed by atoms with Gasteiger partial charge < -0.3 is 10.0 Å². The maximum Gasteiger partial charge on any atom is 0.248 e. The van der Waals surface area contributed by atoms with Crippen molar-refractivity contribution in [3.05, 3.63) is 47.5 Å². The lowest BCUT2D eigenvalue weighted by Crippen LogP contribution is -2.36. The Labute approximate surface area is 114 Å². The van der Waals surface area contributed by atoms with E-state index >= 15 is 0 Å². The van der Waals surface area contributed by atoms with Crippen molar-refractivity contribution >= 4 is 5.91 Å². The van der Waals surface area contributed by atoms with Gasteiger partial charge in [-0.05, 0) is 29.9 Å². The van der Waals surface area contributed by atoms with Crippen LogP contribution in [-0.2, 0) is 11.2 Å². The third-order valence-corrected chi connectivity index (χ3v) is 3.35. The van der Waals surface area contributed by atoms with Crippen molar-refractivity contribution in [3.63, 3.8) is 0 Å². The highest BCUT2D eigenvalue weighted by molar-refractivity contribution is 5.91. The molecule has 1 N–H and O–H groups in total. The van der Waals surface area contributed by atoms with E-state index in [9.17, 15) is 9.90 Å². The van der Waals surface area contributed by atoms with Crippen LogP contribution in [0.5, 0.6) is 0 Å². The molecule has 1 aliphatic rings. The molecule has 0 bridgehead atoms. The van der Waals surface area contributed by atoms with Crippen molar-refractivity contribution in [1.29, 1.82) is 0 Å². The van der Waals surface area contributed by atoms with Gasteiger partial charge in [-0.2, -0.15) is 0 Å². The van der Waals surface area contributed by atoms with Crippen LogP contribution in [0, 0.1) is 5.92 Å². The number of hydrogen-bond acceptors (Lipinski definition) is 2. The minimum Gasteiger partial charge on any atom is -0.369 e. The van der Waals surface area contributed by atoms with E-state index < -0.39 is 6.23 Å². The Morgan fingerprint density at radius 2 is 1.95 bits per heavy atom. The van der Waals surface area contributed by atoms with E-state index in [4.69, 9.17) is 0 Å². The van der Waals surface area contributed by atoms with Crippen LogP contribution in [-0.4, -0.2) is 28.7 Å². The van der Waals surface area contributed by atoms with Crippen LogP contribution in [0.2, 0.25) is 0 Å². The first-order valence-electron chi connectivity index (χ1n) is 6.81. The smallest absolute Gasteiger partial charge is 0.248 e. The molecule has 0 saturated carbocycles. The summed E-state index contributed by atoms with van der Waals surface area (Å²) in [5, 5.41) is 10.2. The fourth-order valence-electron chi connectivity index (χ4n) is 2.40. The molecule has 1 aromatic carbocycles. The summed E-state index contributed by atoms with van der Waals surface area (Å²) < 4.78 is 0. The van der Waals surface area contributed by atoms with E-state index in [1.807, 2.05) is 30.3 Å². The van der Waals surface area contributed by atoms with Crippen LogP contribution in [0.25, 0.3) is 0 Å². The normalized spacial score (nSPS) is 19.2. The average molecular weight is 259 g/mol. The maximum absolute atomic E-state index is 11.9. The lowest BCUT2D eigenvalue weighted by atomic mass is 10.0. The molecule has 0 spiro atoms. The molecule has 0 aromatic heterocycles. The Bertz CT molecular complexity index is 465. The molecule has 3 nitrogen and oxygen atoms in total. The number of carbonyl (C=O) groups is 1. The number of aliphatic hydroxyl groups is 1. The van der Waals surface area contributed by atoms with Gasteiger partial charge in [0.25, 0.3) is 0 Å². The third kappa shape index (κ3) is 3.44. The molecule has 0 saturated heterocycles. The molecule has 0 unspecified atom stereocenters. The van der Waals surface area contributed by atoms with Crippen LogP contribution in [0.15, 0.2) is 42.0 Å². The monoisotopic (exact) mass is 259 g/mol. The van der Waals surface area contributed by atoms with Gasteiger partial charge in [-0.15, -0.1) is 0 Å². The lowest BCUT2D eigenvalue weighted by Gasteiger charge is -2.23. The predicted molar refractivity (Wildman–Crippen MR) is 75.4 cm³/mol. The molecule has 102 valence electrons. The zero-order chi connectivity index (χ0) is 13.8. The fourth-order valence-corrected chi connectivity index (χ4v) is 2.40. The van der Waals surface area contributed by atoms with Gasteiger partial charge in [-0.3, -0.25) is 4.79 Å². The van der Waals surface area contributed by atoms with Gasteiger partial charge in [0, 0.05) is 12.6 Å². The van der Waals surface area contributed by atoms with Gasteiger partial charge in [0.1, 0.15) is 0 Å². The topological polar surface area (TPSA) is 40.5 Å². The summed E-state index contributed by atoms with van der Waals surface area (Å²) in [7, 11) is 0. The summed E-state index contributed by atoms with van der Waals surface area (Å²) in [6.07, 6.45) is 2.40. The van der Waals surface area contributed by atoms with E-state index in [-0.39, 0.29) is 5.91 Å². The van der Waals surface area contributed by atoms with Gasteiger partial charge >= 0.3 is 0 Å². The minimum atomic E-state index is -0.737. The molecule has 1 aromatic rings. The molecule has 0 fully saturated rings. The summed E-state index contributed by atoms with van der Waals surface area (Å²) in [5.41, 5.74) is 2.02. The van der Waals surface area contributed by atoms with E-state index in [0.717, 1.165) is 18.4 Å². The first-order chi connectivity index (χ1) is 9.08. The van der Waals surface area contributed by atoms with Crippen molar-refractivity contribution in [1.82, 2.24) is 4.90 Å². The molecule has 0 radical (unpaired) electrons. The average Bonchev–Trinajstić information content (AvgIpc) is 2.63. The Morgan fingerprint density at radius 3 is 2.58 bits per heavy atom. The molecule has 2 rings (SSSR count). The fraction of sp³-hybridized carbons (Fsp3) is 0.438. The van der Waals surface area contributed by atoms with Gasteiger partial charge in [0.05, 0.1) is 0 Å². The highest BCUT2D eigenvalue weighted by atomic mass is 16.3. The molecule has 19 heavy (non-hydrogen) atoms. The van der Waals surface area contributed by atoms with Gasteiger partial charge in [-0.1, -0.05) is 44.2 Å². The summed E-state index contributed by atoms with van der Waals surface area (Å²) in [4.78, 5) is 13.4. The van der Waals surface area contributed by atoms with Crippen LogP contribution < -0.4 is 0 Å². The first kappa shape index (κ1) is 13.8. The third-order valence-electron chi connectivity index (χ3n) is 3.35. The van der Waals surface area contributed by atoms with Gasteiger partial charge in [0.15, 0.2) is 6.23 Å². The van der Waals surface area contributed by atoms with E-state index in [0.29, 0.717) is 12.5 Å². The summed E-state index contributed by atoms with van der Waals surface area (Å²) >= 11 is 0. The second kappa shape index (κ2) is 6.02. The standard InChI is InChI=1S/C16H21NO2/c1-12(2)10-14-11-15(18)17(16(14)19)9-8-13-6-4-3-5-7-13/h3-7,11-12,16,19H,8-10H2,1-2H3/t16-/m0/s1. The zero-order valence-electron chi connectivity index (χ0n) is 11.5. The minimum absolute atomic E-state index is 0.0703. The molecule has 1 atom stereocenters. The number of amides is 1. The van der Waals surface area contributed by atoms with E-state index in [1.54, 1.807) is 11.0 Å². The van der Waals surface area contributed by atoms with Crippen molar-refractivity contribution in [2.75, 3.05) is 6.54 Å². The number of rotatable bonds is 5. The highest BCUT2D eigenvalue weighted by Gasteiger charge is 2.30. The van der Waals surface area contributed by atoms with E-state index in [2.05, 4.69) is 13.8 Å². The molecular formula is C16H21NO2.